The monoisotopic (exact) mass is 490 g/mol. The van der Waals surface area contributed by atoms with Crippen LogP contribution < -0.4 is 5.32 Å². The van der Waals surface area contributed by atoms with E-state index in [1.165, 1.54) is 11.1 Å². The molecule has 0 aliphatic carbocycles. The second-order valence-corrected chi connectivity index (χ2v) is 9.61. The molecule has 2 aromatic heterocycles. The summed E-state index contributed by atoms with van der Waals surface area (Å²) in [6.45, 7) is 6.69. The number of hydrogen-bond acceptors (Lipinski definition) is 3. The van der Waals surface area contributed by atoms with Crippen molar-refractivity contribution in [3.05, 3.63) is 105 Å². The van der Waals surface area contributed by atoms with E-state index in [2.05, 4.69) is 33.4 Å². The summed E-state index contributed by atoms with van der Waals surface area (Å²) in [4.78, 5) is 19.9. The van der Waals surface area contributed by atoms with Gasteiger partial charge in [0.15, 0.2) is 0 Å². The van der Waals surface area contributed by atoms with E-state index in [9.17, 15) is 9.18 Å². The van der Waals surface area contributed by atoms with Crippen molar-refractivity contribution in [2.24, 2.45) is 0 Å². The standard InChI is InChI=1S/C28H28ClFN4O/c1-3-25-27(34-11-9-23(29)14-26(34)32-25)28(35)31-15-19-5-6-21-16-33(10-8-20(21)13-19)17-22-12-18(2)4-7-24(22)30/h4-7,9,11-14H,3,8,10,15-17H2,1-2H3,(H,31,35). The Bertz CT molecular complexity index is 1410. The lowest BCUT2D eigenvalue weighted by Gasteiger charge is -2.29. The molecule has 1 N–H and O–H groups in total. The summed E-state index contributed by atoms with van der Waals surface area (Å²) in [5, 5.41) is 3.65. The third-order valence-corrected chi connectivity index (χ3v) is 6.86. The fourth-order valence-electron chi connectivity index (χ4n) is 4.80. The van der Waals surface area contributed by atoms with Crippen LogP contribution in [0.25, 0.3) is 5.65 Å². The van der Waals surface area contributed by atoms with E-state index in [1.807, 2.05) is 19.9 Å². The number of imidazole rings is 1. The topological polar surface area (TPSA) is 49.6 Å². The average Bonchev–Trinajstić information content (AvgIpc) is 3.22. The molecule has 1 amide bonds. The summed E-state index contributed by atoms with van der Waals surface area (Å²) in [6, 6.07) is 15.2. The second kappa shape index (κ2) is 9.80. The normalized spacial score (nSPS) is 13.7. The molecule has 2 aromatic carbocycles. The van der Waals surface area contributed by atoms with Crippen LogP contribution in [-0.4, -0.2) is 26.7 Å². The fraction of sp³-hybridized carbons (Fsp3) is 0.286. The van der Waals surface area contributed by atoms with Gasteiger partial charge in [-0.1, -0.05) is 54.4 Å². The molecule has 1 aliphatic heterocycles. The van der Waals surface area contributed by atoms with Gasteiger partial charge in [-0.15, -0.1) is 0 Å². The number of carbonyl (C=O) groups is 1. The van der Waals surface area contributed by atoms with Crippen LogP contribution in [0.4, 0.5) is 4.39 Å². The Morgan fingerprint density at radius 1 is 1.14 bits per heavy atom. The van der Waals surface area contributed by atoms with Gasteiger partial charge in [0, 0.05) is 49.0 Å². The Morgan fingerprint density at radius 2 is 2.00 bits per heavy atom. The number of benzene rings is 2. The minimum atomic E-state index is -0.152. The zero-order valence-corrected chi connectivity index (χ0v) is 20.7. The van der Waals surface area contributed by atoms with Crippen LogP contribution in [0.1, 0.15) is 50.9 Å². The van der Waals surface area contributed by atoms with Crippen LogP contribution >= 0.6 is 11.6 Å². The quantitative estimate of drug-likeness (QED) is 0.389. The van der Waals surface area contributed by atoms with E-state index in [-0.39, 0.29) is 11.7 Å². The minimum absolute atomic E-state index is 0.146. The maximum Gasteiger partial charge on any atom is 0.270 e. The first-order valence-electron chi connectivity index (χ1n) is 11.9. The van der Waals surface area contributed by atoms with Crippen molar-refractivity contribution < 1.29 is 9.18 Å². The smallest absolute Gasteiger partial charge is 0.270 e. The lowest BCUT2D eigenvalue weighted by atomic mass is 9.96. The summed E-state index contributed by atoms with van der Waals surface area (Å²) >= 11 is 6.09. The molecule has 0 fully saturated rings. The van der Waals surface area contributed by atoms with Gasteiger partial charge in [0.25, 0.3) is 5.91 Å². The Balaban J connectivity index is 1.26. The van der Waals surface area contributed by atoms with Crippen LogP contribution in [0.2, 0.25) is 5.02 Å². The van der Waals surface area contributed by atoms with Gasteiger partial charge >= 0.3 is 0 Å². The molecule has 0 radical (unpaired) electrons. The summed E-state index contributed by atoms with van der Waals surface area (Å²) in [6.07, 6.45) is 3.34. The van der Waals surface area contributed by atoms with Gasteiger partial charge in [-0.3, -0.25) is 14.1 Å². The van der Waals surface area contributed by atoms with Crippen LogP contribution in [0.3, 0.4) is 0 Å². The molecule has 0 atom stereocenters. The number of halogens is 2. The van der Waals surface area contributed by atoms with E-state index in [1.54, 1.807) is 34.9 Å². The highest BCUT2D eigenvalue weighted by Gasteiger charge is 2.20. The van der Waals surface area contributed by atoms with Crippen molar-refractivity contribution in [1.29, 1.82) is 0 Å². The van der Waals surface area contributed by atoms with Crippen LogP contribution in [0.15, 0.2) is 54.7 Å². The number of hydrogen-bond donors (Lipinski definition) is 1. The Kier molecular flexibility index (Phi) is 6.58. The average molecular weight is 491 g/mol. The molecule has 35 heavy (non-hydrogen) atoms. The molecule has 0 saturated heterocycles. The van der Waals surface area contributed by atoms with Crippen molar-refractivity contribution in [2.75, 3.05) is 6.54 Å². The molecule has 4 aromatic rings. The molecule has 7 heteroatoms. The van der Waals surface area contributed by atoms with Crippen LogP contribution in [0.5, 0.6) is 0 Å². The maximum absolute atomic E-state index is 14.2. The molecule has 0 unspecified atom stereocenters. The SMILES string of the molecule is CCc1nc2cc(Cl)ccn2c1C(=O)NCc1ccc2c(c1)CCN(Cc1cc(C)ccc1F)C2. The van der Waals surface area contributed by atoms with Gasteiger partial charge in [0.2, 0.25) is 0 Å². The predicted molar refractivity (Wildman–Crippen MR) is 136 cm³/mol. The highest BCUT2D eigenvalue weighted by atomic mass is 35.5. The largest absolute Gasteiger partial charge is 0.347 e. The Morgan fingerprint density at radius 3 is 2.83 bits per heavy atom. The molecule has 1 aliphatic rings. The number of nitrogens with zero attached hydrogens (tertiary/aromatic N) is 3. The first-order valence-corrected chi connectivity index (χ1v) is 12.3. The number of fused-ring (bicyclic) bond motifs is 2. The summed E-state index contributed by atoms with van der Waals surface area (Å²) in [5.41, 5.74) is 7.39. The lowest BCUT2D eigenvalue weighted by Crippen LogP contribution is -2.30. The van der Waals surface area contributed by atoms with E-state index in [0.29, 0.717) is 35.9 Å². The van der Waals surface area contributed by atoms with E-state index in [4.69, 9.17) is 11.6 Å². The highest BCUT2D eigenvalue weighted by molar-refractivity contribution is 6.30. The number of aromatic nitrogens is 2. The molecular formula is C28H28ClFN4O. The summed E-state index contributed by atoms with van der Waals surface area (Å²) in [7, 11) is 0. The summed E-state index contributed by atoms with van der Waals surface area (Å²) in [5.74, 6) is -0.298. The number of amides is 1. The first kappa shape index (κ1) is 23.5. The zero-order valence-electron chi connectivity index (χ0n) is 19.9. The molecule has 5 nitrogen and oxygen atoms in total. The number of carbonyl (C=O) groups excluding carboxylic acids is 1. The van der Waals surface area contributed by atoms with Gasteiger partial charge < -0.3 is 5.32 Å². The van der Waals surface area contributed by atoms with Crippen molar-refractivity contribution >= 4 is 23.2 Å². The van der Waals surface area contributed by atoms with Crippen LogP contribution in [0, 0.1) is 12.7 Å². The van der Waals surface area contributed by atoms with E-state index >= 15 is 0 Å². The van der Waals surface area contributed by atoms with Gasteiger partial charge in [-0.25, -0.2) is 9.37 Å². The Labute approximate surface area is 209 Å². The van der Waals surface area contributed by atoms with Gasteiger partial charge in [-0.2, -0.15) is 0 Å². The van der Waals surface area contributed by atoms with Gasteiger partial charge in [0.05, 0.1) is 5.69 Å². The van der Waals surface area contributed by atoms with E-state index < -0.39 is 0 Å². The molecular weight excluding hydrogens is 463 g/mol. The first-order chi connectivity index (χ1) is 16.9. The molecule has 0 bridgehead atoms. The molecule has 0 saturated carbocycles. The van der Waals surface area contributed by atoms with Crippen molar-refractivity contribution in [1.82, 2.24) is 19.6 Å². The van der Waals surface area contributed by atoms with Crippen molar-refractivity contribution in [2.45, 2.75) is 46.3 Å². The Hall–Kier alpha value is -3.22. The third-order valence-electron chi connectivity index (χ3n) is 6.62. The molecule has 3 heterocycles. The highest BCUT2D eigenvalue weighted by Crippen LogP contribution is 2.23. The number of nitrogens with one attached hydrogen (secondary N) is 1. The van der Waals surface area contributed by atoms with Crippen LogP contribution in [-0.2, 0) is 32.5 Å². The van der Waals surface area contributed by atoms with E-state index in [0.717, 1.165) is 41.9 Å². The predicted octanol–water partition coefficient (Wildman–Crippen LogP) is 5.49. The second-order valence-electron chi connectivity index (χ2n) is 9.18. The fourth-order valence-corrected chi connectivity index (χ4v) is 4.95. The van der Waals surface area contributed by atoms with Gasteiger partial charge in [-0.05, 0) is 48.6 Å². The maximum atomic E-state index is 14.2. The molecule has 5 rings (SSSR count). The molecule has 0 spiro atoms. The number of pyridine rings is 1. The molecule has 180 valence electrons. The zero-order chi connectivity index (χ0) is 24.5. The number of rotatable bonds is 6. The minimum Gasteiger partial charge on any atom is -0.347 e. The number of aryl methyl sites for hydroxylation is 2. The summed E-state index contributed by atoms with van der Waals surface area (Å²) < 4.78 is 16.0. The lowest BCUT2D eigenvalue weighted by molar-refractivity contribution is 0.0944. The van der Waals surface area contributed by atoms with Crippen molar-refractivity contribution in [3.8, 4) is 0 Å². The third kappa shape index (κ3) is 4.95. The van der Waals surface area contributed by atoms with Crippen molar-refractivity contribution in [3.63, 3.8) is 0 Å². The van der Waals surface area contributed by atoms with Gasteiger partial charge in [0.1, 0.15) is 17.2 Å².